The molecule has 0 heterocycles. The molecule has 1 aromatic rings. The molecule has 0 amide bonds. The van der Waals surface area contributed by atoms with E-state index >= 15 is 0 Å². The van der Waals surface area contributed by atoms with E-state index < -0.39 is 11.3 Å². The molecule has 0 spiro atoms. The second kappa shape index (κ2) is 4.38. The van der Waals surface area contributed by atoms with Crippen LogP contribution in [0.15, 0.2) is 30.3 Å². The highest BCUT2D eigenvalue weighted by Gasteiger charge is 2.17. The predicted molar refractivity (Wildman–Crippen MR) is 50.1 cm³/mol. The zero-order valence-corrected chi connectivity index (χ0v) is 7.76. The first kappa shape index (κ1) is 9.42. The second-order valence-electron chi connectivity index (χ2n) is 2.18. The minimum atomic E-state index is -0.774. The lowest BCUT2D eigenvalue weighted by Crippen LogP contribution is -2.05. The molecule has 0 saturated carbocycles. The molecular weight excluding hydrogens is 196 g/mol. The molecule has 1 atom stereocenters. The molecule has 0 saturated heterocycles. The molecule has 12 heavy (non-hydrogen) atoms. The summed E-state index contributed by atoms with van der Waals surface area (Å²) in [4.78, 5) is 10.9. The van der Waals surface area contributed by atoms with E-state index in [9.17, 15) is 4.79 Å². The van der Waals surface area contributed by atoms with Crippen LogP contribution in [0.1, 0.15) is 10.9 Å². The van der Waals surface area contributed by atoms with Crippen molar-refractivity contribution in [2.75, 3.05) is 0 Å². The van der Waals surface area contributed by atoms with Gasteiger partial charge in [0.2, 0.25) is 0 Å². The van der Waals surface area contributed by atoms with E-state index in [1.807, 2.05) is 6.07 Å². The van der Waals surface area contributed by atoms with Gasteiger partial charge in [0.25, 0.3) is 0 Å². The Kier molecular flexibility index (Phi) is 3.44. The van der Waals surface area contributed by atoms with E-state index in [4.69, 9.17) is 11.6 Å². The van der Waals surface area contributed by atoms with Crippen LogP contribution in [-0.2, 0) is 8.98 Å². The number of carbonyl (C=O) groups excluding carboxylic acids is 1. The zero-order valence-electron chi connectivity index (χ0n) is 6.11. The fraction of sp³-hybridized carbons (Fsp3) is 0.125. The lowest BCUT2D eigenvalue weighted by Gasteiger charge is -2.04. The Balaban J connectivity index is 2.78. The Morgan fingerprint density at radius 1 is 1.42 bits per heavy atom. The van der Waals surface area contributed by atoms with Crippen LogP contribution in [0.4, 0.5) is 0 Å². The fourth-order valence-corrected chi connectivity index (χ4v) is 1.16. The Morgan fingerprint density at radius 2 is 2.00 bits per heavy atom. The molecule has 0 radical (unpaired) electrons. The highest BCUT2D eigenvalue weighted by atomic mass is 35.5. The Bertz CT molecular complexity index is 263. The van der Waals surface area contributed by atoms with Crippen LogP contribution >= 0.6 is 24.5 Å². The van der Waals surface area contributed by atoms with Crippen LogP contribution in [0.5, 0.6) is 0 Å². The normalized spacial score (nSPS) is 12.2. The van der Waals surface area contributed by atoms with Gasteiger partial charge in [0.1, 0.15) is 0 Å². The largest absolute Gasteiger partial charge is 0.393 e. The van der Waals surface area contributed by atoms with E-state index in [2.05, 4.69) is 17.1 Å². The van der Waals surface area contributed by atoms with E-state index in [1.165, 1.54) is 0 Å². The molecular formula is C8H7ClO2S. The molecule has 4 heteroatoms. The predicted octanol–water partition coefficient (Wildman–Crippen LogP) is 2.35. The molecule has 0 fully saturated rings. The van der Waals surface area contributed by atoms with Crippen molar-refractivity contribution in [1.82, 2.24) is 0 Å². The molecule has 64 valence electrons. The van der Waals surface area contributed by atoms with Crippen LogP contribution in [0, 0.1) is 0 Å². The fourth-order valence-electron chi connectivity index (χ4n) is 0.804. The van der Waals surface area contributed by atoms with E-state index in [-0.39, 0.29) is 0 Å². The summed E-state index contributed by atoms with van der Waals surface area (Å²) in [5.41, 5.74) is 0.707. The van der Waals surface area contributed by atoms with Crippen molar-refractivity contribution in [3.8, 4) is 0 Å². The van der Waals surface area contributed by atoms with Gasteiger partial charge >= 0.3 is 5.97 Å². The smallest absolute Gasteiger partial charge is 0.340 e. The van der Waals surface area contributed by atoms with Gasteiger partial charge in [0.15, 0.2) is 5.38 Å². The van der Waals surface area contributed by atoms with E-state index in [0.717, 1.165) is 0 Å². The van der Waals surface area contributed by atoms with Crippen molar-refractivity contribution in [1.29, 1.82) is 0 Å². The molecule has 2 nitrogen and oxygen atoms in total. The number of carbonyl (C=O) groups is 1. The van der Waals surface area contributed by atoms with Crippen LogP contribution in [0.25, 0.3) is 0 Å². The summed E-state index contributed by atoms with van der Waals surface area (Å²) in [5, 5.41) is -0.774. The molecule has 0 aliphatic rings. The second-order valence-corrected chi connectivity index (χ2v) is 2.80. The Hall–Kier alpha value is -0.670. The molecule has 0 aromatic heterocycles. The molecule has 0 bridgehead atoms. The first-order valence-electron chi connectivity index (χ1n) is 3.30. The third-order valence-corrected chi connectivity index (χ3v) is 2.00. The van der Waals surface area contributed by atoms with Gasteiger partial charge in [-0.3, -0.25) is 0 Å². The third kappa shape index (κ3) is 2.16. The third-order valence-electron chi connectivity index (χ3n) is 1.39. The number of halogens is 1. The molecule has 0 N–H and O–H groups in total. The van der Waals surface area contributed by atoms with Crippen molar-refractivity contribution in [2.24, 2.45) is 0 Å². The van der Waals surface area contributed by atoms with Crippen LogP contribution in [0.2, 0.25) is 0 Å². The molecule has 1 rings (SSSR count). The van der Waals surface area contributed by atoms with Gasteiger partial charge in [0.05, 0.1) is 0 Å². The first-order valence-corrected chi connectivity index (χ1v) is 4.10. The monoisotopic (exact) mass is 202 g/mol. The summed E-state index contributed by atoms with van der Waals surface area (Å²) in [6.45, 7) is 0. The van der Waals surface area contributed by atoms with Crippen LogP contribution < -0.4 is 0 Å². The summed E-state index contributed by atoms with van der Waals surface area (Å²) >= 11 is 9.10. The summed E-state index contributed by atoms with van der Waals surface area (Å²) < 4.78 is 4.19. The maximum atomic E-state index is 10.9. The molecule has 0 aliphatic carbocycles. The number of hydrogen-bond acceptors (Lipinski definition) is 3. The maximum Gasteiger partial charge on any atom is 0.340 e. The van der Waals surface area contributed by atoms with Gasteiger partial charge in [-0.1, -0.05) is 30.3 Å². The minimum Gasteiger partial charge on any atom is -0.393 e. The average Bonchev–Trinajstić information content (AvgIpc) is 2.17. The summed E-state index contributed by atoms with van der Waals surface area (Å²) in [6, 6.07) is 8.96. The summed E-state index contributed by atoms with van der Waals surface area (Å²) in [6.07, 6.45) is 0. The number of thiol groups is 1. The SMILES string of the molecule is O=C(OS)[C@H](Cl)c1ccccc1. The maximum absolute atomic E-state index is 10.9. The molecule has 1 aromatic carbocycles. The number of alkyl halides is 1. The van der Waals surface area contributed by atoms with Crippen molar-refractivity contribution in [2.45, 2.75) is 5.38 Å². The summed E-state index contributed by atoms with van der Waals surface area (Å²) in [7, 11) is 0. The number of hydrogen-bond donors (Lipinski definition) is 1. The topological polar surface area (TPSA) is 26.3 Å². The standard InChI is InChI=1S/C8H7ClO2S/c9-7(8(10)11-12)6-4-2-1-3-5-6/h1-5,7,12H/t7-/m1/s1. The highest BCUT2D eigenvalue weighted by molar-refractivity contribution is 7.75. The van der Waals surface area contributed by atoms with Crippen molar-refractivity contribution in [3.63, 3.8) is 0 Å². The number of benzene rings is 1. The van der Waals surface area contributed by atoms with Crippen LogP contribution in [0.3, 0.4) is 0 Å². The Morgan fingerprint density at radius 3 is 2.50 bits per heavy atom. The first-order chi connectivity index (χ1) is 5.75. The van der Waals surface area contributed by atoms with Gasteiger partial charge in [-0.25, -0.2) is 4.79 Å². The lowest BCUT2D eigenvalue weighted by molar-refractivity contribution is -0.132. The van der Waals surface area contributed by atoms with Gasteiger partial charge in [-0.15, -0.1) is 11.6 Å². The molecule has 0 unspecified atom stereocenters. The van der Waals surface area contributed by atoms with Crippen molar-refractivity contribution < 1.29 is 8.98 Å². The van der Waals surface area contributed by atoms with Gasteiger partial charge in [0, 0.05) is 12.9 Å². The average molecular weight is 203 g/mol. The minimum absolute atomic E-state index is 0.564. The highest BCUT2D eigenvalue weighted by Crippen LogP contribution is 2.21. The quantitative estimate of drug-likeness (QED) is 0.453. The summed E-state index contributed by atoms with van der Waals surface area (Å²) in [5.74, 6) is -0.564. The van der Waals surface area contributed by atoms with Crippen molar-refractivity contribution in [3.05, 3.63) is 35.9 Å². The lowest BCUT2D eigenvalue weighted by atomic mass is 10.1. The number of rotatable bonds is 2. The Labute approximate surface area is 81.1 Å². The van der Waals surface area contributed by atoms with Gasteiger partial charge in [-0.05, 0) is 5.56 Å². The zero-order chi connectivity index (χ0) is 8.97. The van der Waals surface area contributed by atoms with Crippen molar-refractivity contribution >= 4 is 30.5 Å². The van der Waals surface area contributed by atoms with Crippen LogP contribution in [-0.4, -0.2) is 5.97 Å². The van der Waals surface area contributed by atoms with E-state index in [0.29, 0.717) is 5.56 Å². The molecule has 0 aliphatic heterocycles. The van der Waals surface area contributed by atoms with E-state index in [1.54, 1.807) is 24.3 Å². The van der Waals surface area contributed by atoms with Gasteiger partial charge in [-0.2, -0.15) is 0 Å². The van der Waals surface area contributed by atoms with Gasteiger partial charge < -0.3 is 4.18 Å².